The molecule has 0 saturated heterocycles. The summed E-state index contributed by atoms with van der Waals surface area (Å²) in [6, 6.07) is 7.90. The number of Topliss-reactive ketones (excluding diaryl/α,β-unsaturated/α-hetero) is 1. The van der Waals surface area contributed by atoms with E-state index in [1.54, 1.807) is 11.3 Å². The first kappa shape index (κ1) is 19.1. The molecule has 0 amide bonds. The van der Waals surface area contributed by atoms with Crippen LogP contribution in [0.1, 0.15) is 29.3 Å². The molecule has 1 N–H and O–H groups in total. The lowest BCUT2D eigenvalue weighted by atomic mass is 10.1. The number of benzene rings is 1. The third-order valence-electron chi connectivity index (χ3n) is 3.35. The Morgan fingerprint density at radius 1 is 1.20 bits per heavy atom. The number of aryl methyl sites for hydroxylation is 1. The number of thiophene rings is 1. The fourth-order valence-electron chi connectivity index (χ4n) is 2.14. The van der Waals surface area contributed by atoms with Gasteiger partial charge < -0.3 is 4.74 Å². The van der Waals surface area contributed by atoms with Crippen LogP contribution in [0, 0.1) is 0 Å². The molecule has 1 aromatic carbocycles. The molecule has 0 spiro atoms. The van der Waals surface area contributed by atoms with E-state index in [1.807, 2.05) is 16.8 Å². The number of hydrogen-bond acceptors (Lipinski definition) is 6. The van der Waals surface area contributed by atoms with Crippen LogP contribution in [0.3, 0.4) is 0 Å². The van der Waals surface area contributed by atoms with E-state index in [1.165, 1.54) is 31.2 Å². The zero-order valence-electron chi connectivity index (χ0n) is 13.9. The van der Waals surface area contributed by atoms with E-state index in [4.69, 9.17) is 4.74 Å². The standard InChI is InChI=1S/C17H19NO5S2/c1-12(23-16(19)8-3-13-9-10-24-11-13)17(20)14-4-6-15(7-5-14)18-25(2,21)22/h4-7,9-12,18H,3,8H2,1-2H3/t12-/m1/s1. The van der Waals surface area contributed by atoms with Gasteiger partial charge in [0.25, 0.3) is 0 Å². The molecule has 0 unspecified atom stereocenters. The normalized spacial score (nSPS) is 12.4. The third-order valence-corrected chi connectivity index (χ3v) is 4.69. The monoisotopic (exact) mass is 381 g/mol. The van der Waals surface area contributed by atoms with Gasteiger partial charge in [0.15, 0.2) is 6.10 Å². The lowest BCUT2D eigenvalue weighted by Gasteiger charge is -2.12. The second-order valence-electron chi connectivity index (χ2n) is 5.58. The van der Waals surface area contributed by atoms with Crippen LogP contribution in [-0.2, 0) is 26.0 Å². The predicted octanol–water partition coefficient (Wildman–Crippen LogP) is 2.87. The summed E-state index contributed by atoms with van der Waals surface area (Å²) >= 11 is 1.56. The number of hydrogen-bond donors (Lipinski definition) is 1. The summed E-state index contributed by atoms with van der Waals surface area (Å²) in [7, 11) is -3.37. The molecule has 0 saturated carbocycles. The maximum Gasteiger partial charge on any atom is 0.306 e. The van der Waals surface area contributed by atoms with Crippen molar-refractivity contribution in [3.8, 4) is 0 Å². The molecular weight excluding hydrogens is 362 g/mol. The van der Waals surface area contributed by atoms with Crippen LogP contribution < -0.4 is 4.72 Å². The Balaban J connectivity index is 1.89. The Kier molecular flexibility index (Phi) is 6.33. The molecule has 2 rings (SSSR count). The van der Waals surface area contributed by atoms with E-state index in [-0.39, 0.29) is 12.2 Å². The Morgan fingerprint density at radius 2 is 1.88 bits per heavy atom. The van der Waals surface area contributed by atoms with Crippen LogP contribution in [0.15, 0.2) is 41.1 Å². The van der Waals surface area contributed by atoms with Crippen molar-refractivity contribution in [1.29, 1.82) is 0 Å². The van der Waals surface area contributed by atoms with Gasteiger partial charge in [-0.15, -0.1) is 0 Å². The highest BCUT2D eigenvalue weighted by Gasteiger charge is 2.19. The van der Waals surface area contributed by atoms with Gasteiger partial charge in [0.1, 0.15) is 0 Å². The van der Waals surface area contributed by atoms with Gasteiger partial charge in [-0.3, -0.25) is 14.3 Å². The number of nitrogens with one attached hydrogen (secondary N) is 1. The zero-order valence-corrected chi connectivity index (χ0v) is 15.5. The summed E-state index contributed by atoms with van der Waals surface area (Å²) in [5.41, 5.74) is 1.77. The SMILES string of the molecule is C[C@@H](OC(=O)CCc1ccsc1)C(=O)c1ccc(NS(C)(=O)=O)cc1. The minimum atomic E-state index is -3.37. The summed E-state index contributed by atoms with van der Waals surface area (Å²) in [4.78, 5) is 24.1. The third kappa shape index (κ3) is 6.32. The molecule has 2 aromatic rings. The summed E-state index contributed by atoms with van der Waals surface area (Å²) in [6.45, 7) is 1.52. The Morgan fingerprint density at radius 3 is 2.44 bits per heavy atom. The highest BCUT2D eigenvalue weighted by molar-refractivity contribution is 7.92. The zero-order chi connectivity index (χ0) is 18.4. The van der Waals surface area contributed by atoms with Gasteiger partial charge in [-0.05, 0) is 60.0 Å². The average Bonchev–Trinajstić information content (AvgIpc) is 3.05. The first-order valence-corrected chi connectivity index (χ1v) is 10.4. The van der Waals surface area contributed by atoms with Crippen molar-refractivity contribution in [2.45, 2.75) is 25.9 Å². The van der Waals surface area contributed by atoms with Crippen molar-refractivity contribution in [2.24, 2.45) is 0 Å². The fraction of sp³-hybridized carbons (Fsp3) is 0.294. The Labute approximate surface area is 150 Å². The van der Waals surface area contributed by atoms with Gasteiger partial charge in [0.2, 0.25) is 15.8 Å². The van der Waals surface area contributed by atoms with E-state index in [0.717, 1.165) is 11.8 Å². The first-order chi connectivity index (χ1) is 11.7. The molecule has 8 heteroatoms. The molecule has 1 atom stereocenters. The van der Waals surface area contributed by atoms with Gasteiger partial charge in [0.05, 0.1) is 6.26 Å². The first-order valence-electron chi connectivity index (χ1n) is 7.57. The van der Waals surface area contributed by atoms with Crippen LogP contribution in [-0.4, -0.2) is 32.5 Å². The molecule has 0 aliphatic heterocycles. The maximum atomic E-state index is 12.3. The van der Waals surface area contributed by atoms with Crippen LogP contribution in [0.4, 0.5) is 5.69 Å². The van der Waals surface area contributed by atoms with E-state index in [0.29, 0.717) is 17.7 Å². The minimum absolute atomic E-state index is 0.214. The second kappa shape index (κ2) is 8.26. The second-order valence-corrected chi connectivity index (χ2v) is 8.11. The number of ketones is 1. The molecule has 6 nitrogen and oxygen atoms in total. The van der Waals surface area contributed by atoms with Gasteiger partial charge in [-0.25, -0.2) is 8.42 Å². The number of rotatable bonds is 8. The summed E-state index contributed by atoms with van der Waals surface area (Å²) in [6.07, 6.45) is 0.938. The van der Waals surface area contributed by atoms with Crippen molar-refractivity contribution < 1.29 is 22.7 Å². The van der Waals surface area contributed by atoms with Crippen molar-refractivity contribution >= 4 is 38.8 Å². The van der Waals surface area contributed by atoms with Crippen molar-refractivity contribution in [3.63, 3.8) is 0 Å². The molecule has 25 heavy (non-hydrogen) atoms. The van der Waals surface area contributed by atoms with E-state index in [2.05, 4.69) is 4.72 Å². The molecule has 0 radical (unpaired) electrons. The van der Waals surface area contributed by atoms with Gasteiger partial charge >= 0.3 is 5.97 Å². The van der Waals surface area contributed by atoms with Gasteiger partial charge in [-0.1, -0.05) is 0 Å². The average molecular weight is 381 g/mol. The van der Waals surface area contributed by atoms with Crippen LogP contribution in [0.25, 0.3) is 0 Å². The van der Waals surface area contributed by atoms with Crippen molar-refractivity contribution in [2.75, 3.05) is 11.0 Å². The molecule has 0 bridgehead atoms. The molecule has 1 aromatic heterocycles. The van der Waals surface area contributed by atoms with Crippen molar-refractivity contribution in [1.82, 2.24) is 0 Å². The summed E-state index contributed by atoms with van der Waals surface area (Å²) < 4.78 is 29.8. The molecule has 0 aliphatic carbocycles. The highest BCUT2D eigenvalue weighted by Crippen LogP contribution is 2.14. The maximum absolute atomic E-state index is 12.3. The van der Waals surface area contributed by atoms with E-state index in [9.17, 15) is 18.0 Å². The quantitative estimate of drug-likeness (QED) is 0.561. The Bertz CT molecular complexity index is 826. The number of anilines is 1. The largest absolute Gasteiger partial charge is 0.454 e. The molecule has 0 fully saturated rings. The number of ether oxygens (including phenoxy) is 1. The van der Waals surface area contributed by atoms with Crippen LogP contribution in [0.2, 0.25) is 0 Å². The van der Waals surface area contributed by atoms with Gasteiger partial charge in [0, 0.05) is 17.7 Å². The van der Waals surface area contributed by atoms with Crippen molar-refractivity contribution in [3.05, 3.63) is 52.2 Å². The summed E-state index contributed by atoms with van der Waals surface area (Å²) in [5.74, 6) is -0.766. The van der Waals surface area contributed by atoms with Crippen LogP contribution >= 0.6 is 11.3 Å². The topological polar surface area (TPSA) is 89.5 Å². The molecular formula is C17H19NO5S2. The highest BCUT2D eigenvalue weighted by atomic mass is 32.2. The van der Waals surface area contributed by atoms with E-state index >= 15 is 0 Å². The molecule has 1 heterocycles. The number of esters is 1. The fourth-order valence-corrected chi connectivity index (χ4v) is 3.41. The smallest absolute Gasteiger partial charge is 0.306 e. The number of carbonyl (C=O) groups is 2. The number of sulfonamides is 1. The van der Waals surface area contributed by atoms with E-state index < -0.39 is 22.1 Å². The lowest BCUT2D eigenvalue weighted by Crippen LogP contribution is -2.24. The predicted molar refractivity (Wildman–Crippen MR) is 97.4 cm³/mol. The Hall–Kier alpha value is -2.19. The van der Waals surface area contributed by atoms with Crippen LogP contribution in [0.5, 0.6) is 0 Å². The number of carbonyl (C=O) groups excluding carboxylic acids is 2. The minimum Gasteiger partial charge on any atom is -0.454 e. The summed E-state index contributed by atoms with van der Waals surface area (Å²) in [5, 5.41) is 3.91. The molecule has 0 aliphatic rings. The lowest BCUT2D eigenvalue weighted by molar-refractivity contribution is -0.146. The van der Waals surface area contributed by atoms with Gasteiger partial charge in [-0.2, -0.15) is 11.3 Å². The molecule has 134 valence electrons.